The molecular formula is C36H57F5N2O2. The van der Waals surface area contributed by atoms with Crippen LogP contribution >= 0.6 is 0 Å². The minimum absolute atomic E-state index is 0.0409. The fourth-order valence-electron chi connectivity index (χ4n) is 5.22. The third kappa shape index (κ3) is 15.6. The molecule has 0 spiro atoms. The Morgan fingerprint density at radius 2 is 1.62 bits per heavy atom. The first-order valence-electron chi connectivity index (χ1n) is 16.2. The molecule has 9 heteroatoms. The number of hydrogen-bond donors (Lipinski definition) is 3. The lowest BCUT2D eigenvalue weighted by Crippen LogP contribution is -2.46. The number of hydrogen-bond acceptors (Lipinski definition) is 3. The molecule has 0 bridgehead atoms. The first-order valence-corrected chi connectivity index (χ1v) is 16.2. The Hall–Kier alpha value is -2.49. The fourth-order valence-corrected chi connectivity index (χ4v) is 5.22. The van der Waals surface area contributed by atoms with Gasteiger partial charge in [-0.1, -0.05) is 72.6 Å². The number of H-pyrrole nitrogens is 1. The number of benzene rings is 2. The van der Waals surface area contributed by atoms with Crippen LogP contribution in [0, 0.1) is 23.5 Å². The molecule has 258 valence electrons. The van der Waals surface area contributed by atoms with Gasteiger partial charge in [-0.05, 0) is 73.8 Å². The highest BCUT2D eigenvalue weighted by Gasteiger charge is 2.35. The summed E-state index contributed by atoms with van der Waals surface area (Å²) in [4.78, 5) is 5.05. The van der Waals surface area contributed by atoms with Crippen LogP contribution in [-0.4, -0.2) is 59.0 Å². The summed E-state index contributed by atoms with van der Waals surface area (Å²) in [6.45, 7) is 13.2. The molecule has 2 aromatic carbocycles. The summed E-state index contributed by atoms with van der Waals surface area (Å²) >= 11 is 0. The standard InChI is InChI=1S/C15H18F2N2O.C14H20F2.C4H9F.C2H6.CH4O/c1-10-6-12-11-4-2-3-5-13(11)18-14(12)7-19(10)8-15(16,17)9-20;1-4-11(5-10(2)3)6-12-7-13(15)9-14(16)8-12;1-2-3-4-5;2*1-2/h2-5,10,18,20H,6-9H2,1H3;7-11H,4-6H2,1-3H3;2-4H2,1H3;1-2H3;2H,1H3. The van der Waals surface area contributed by atoms with Crippen LogP contribution in [0.15, 0.2) is 42.5 Å². The second-order valence-corrected chi connectivity index (χ2v) is 11.5. The van der Waals surface area contributed by atoms with Crippen molar-refractivity contribution < 1.29 is 32.2 Å². The Kier molecular flexibility index (Phi) is 21.7. The lowest BCUT2D eigenvalue weighted by molar-refractivity contribution is -0.0819. The number of alkyl halides is 3. The fraction of sp³-hybridized carbons (Fsp3) is 0.611. The van der Waals surface area contributed by atoms with Crippen molar-refractivity contribution in [1.29, 1.82) is 0 Å². The molecular weight excluding hydrogens is 587 g/mol. The van der Waals surface area contributed by atoms with E-state index in [0.29, 0.717) is 18.4 Å². The van der Waals surface area contributed by atoms with Gasteiger partial charge in [0.2, 0.25) is 0 Å². The Morgan fingerprint density at radius 3 is 2.11 bits per heavy atom. The van der Waals surface area contributed by atoms with Gasteiger partial charge in [-0.2, -0.15) is 0 Å². The molecule has 2 unspecified atom stereocenters. The van der Waals surface area contributed by atoms with Crippen molar-refractivity contribution in [2.75, 3.05) is 26.9 Å². The van der Waals surface area contributed by atoms with Crippen molar-refractivity contribution >= 4 is 10.9 Å². The smallest absolute Gasteiger partial charge is 0.283 e. The van der Waals surface area contributed by atoms with Gasteiger partial charge in [0, 0.05) is 42.4 Å². The zero-order valence-corrected chi connectivity index (χ0v) is 28.6. The molecule has 1 aliphatic rings. The van der Waals surface area contributed by atoms with Crippen molar-refractivity contribution in [2.24, 2.45) is 11.8 Å². The number of para-hydroxylation sites is 1. The number of nitrogens with one attached hydrogen (secondary N) is 1. The molecule has 0 amide bonds. The van der Waals surface area contributed by atoms with Crippen molar-refractivity contribution in [2.45, 2.75) is 106 Å². The number of aliphatic hydroxyl groups excluding tert-OH is 2. The summed E-state index contributed by atoms with van der Waals surface area (Å²) in [5.41, 5.74) is 4.07. The van der Waals surface area contributed by atoms with Gasteiger partial charge in [0.25, 0.3) is 5.92 Å². The van der Waals surface area contributed by atoms with Crippen molar-refractivity contribution in [3.05, 3.63) is 70.9 Å². The first-order chi connectivity index (χ1) is 21.4. The van der Waals surface area contributed by atoms with Crippen molar-refractivity contribution in [1.82, 2.24) is 9.88 Å². The van der Waals surface area contributed by atoms with Crippen LogP contribution in [0.5, 0.6) is 0 Å². The Balaban J connectivity index is 0.000000694. The van der Waals surface area contributed by atoms with Gasteiger partial charge in [0.1, 0.15) is 18.2 Å². The van der Waals surface area contributed by atoms with Crippen LogP contribution in [0.25, 0.3) is 10.9 Å². The lowest BCUT2D eigenvalue weighted by Gasteiger charge is -2.35. The normalized spacial score (nSPS) is 14.9. The molecule has 2 atom stereocenters. The second-order valence-electron chi connectivity index (χ2n) is 11.5. The minimum Gasteiger partial charge on any atom is -0.400 e. The molecule has 4 rings (SSSR count). The summed E-state index contributed by atoms with van der Waals surface area (Å²) < 4.78 is 63.8. The first kappa shape index (κ1) is 42.5. The van der Waals surface area contributed by atoms with Gasteiger partial charge < -0.3 is 15.2 Å². The number of aliphatic hydroxyl groups is 2. The van der Waals surface area contributed by atoms with Crippen LogP contribution in [0.2, 0.25) is 0 Å². The van der Waals surface area contributed by atoms with E-state index in [1.54, 1.807) is 4.90 Å². The van der Waals surface area contributed by atoms with Crippen molar-refractivity contribution in [3.63, 3.8) is 0 Å². The van der Waals surface area contributed by atoms with E-state index in [2.05, 4.69) is 31.8 Å². The number of aromatic amines is 1. The average Bonchev–Trinajstić information content (AvgIpc) is 3.36. The molecule has 0 radical (unpaired) electrons. The zero-order valence-electron chi connectivity index (χ0n) is 28.6. The van der Waals surface area contributed by atoms with E-state index in [9.17, 15) is 22.0 Å². The molecule has 45 heavy (non-hydrogen) atoms. The quantitative estimate of drug-likeness (QED) is 0.193. The molecule has 1 aliphatic heterocycles. The Bertz CT molecular complexity index is 1160. The van der Waals surface area contributed by atoms with Crippen molar-refractivity contribution in [3.8, 4) is 0 Å². The number of halogens is 5. The van der Waals surface area contributed by atoms with Crippen LogP contribution in [0.4, 0.5) is 22.0 Å². The average molecular weight is 645 g/mol. The van der Waals surface area contributed by atoms with Gasteiger partial charge in [-0.3, -0.25) is 9.29 Å². The van der Waals surface area contributed by atoms with E-state index in [1.807, 2.05) is 45.9 Å². The molecule has 1 aromatic heterocycles. The highest BCUT2D eigenvalue weighted by atomic mass is 19.3. The summed E-state index contributed by atoms with van der Waals surface area (Å²) in [5, 5.41) is 16.9. The molecule has 0 saturated heterocycles. The molecule has 0 fully saturated rings. The molecule has 4 nitrogen and oxygen atoms in total. The molecule has 3 N–H and O–H groups in total. The highest BCUT2D eigenvalue weighted by Crippen LogP contribution is 2.31. The molecule has 2 heterocycles. The van der Waals surface area contributed by atoms with Gasteiger partial charge in [-0.15, -0.1) is 0 Å². The summed E-state index contributed by atoms with van der Waals surface area (Å²) in [6.07, 6.45) is 5.37. The van der Waals surface area contributed by atoms with Crippen LogP contribution in [-0.2, 0) is 19.4 Å². The summed E-state index contributed by atoms with van der Waals surface area (Å²) in [7, 11) is 1.00. The van der Waals surface area contributed by atoms with E-state index in [1.165, 1.54) is 23.1 Å². The predicted molar refractivity (Wildman–Crippen MR) is 178 cm³/mol. The second kappa shape index (κ2) is 22.9. The molecule has 0 aliphatic carbocycles. The third-order valence-corrected chi connectivity index (χ3v) is 7.37. The van der Waals surface area contributed by atoms with E-state index in [4.69, 9.17) is 10.2 Å². The van der Waals surface area contributed by atoms with Crippen LogP contribution in [0.1, 0.15) is 91.0 Å². The molecule has 3 aromatic rings. The van der Waals surface area contributed by atoms with Crippen LogP contribution < -0.4 is 0 Å². The monoisotopic (exact) mass is 644 g/mol. The lowest BCUT2D eigenvalue weighted by atomic mass is 9.89. The van der Waals surface area contributed by atoms with E-state index in [0.717, 1.165) is 68.5 Å². The number of rotatable bonds is 10. The third-order valence-electron chi connectivity index (χ3n) is 7.37. The SMILES string of the molecule is CC.CC1Cc2c([nH]c3ccccc23)CN1CC(F)(F)CO.CCC(Cc1cc(F)cc(F)c1)CC(C)C.CCCCF.CO. The number of unbranched alkanes of at least 4 members (excludes halogenated alkanes) is 1. The zero-order chi connectivity index (χ0) is 34.6. The number of aromatic nitrogens is 1. The maximum atomic E-state index is 13.4. The van der Waals surface area contributed by atoms with Crippen LogP contribution in [0.3, 0.4) is 0 Å². The van der Waals surface area contributed by atoms with E-state index >= 15 is 0 Å². The Labute approximate surface area is 268 Å². The summed E-state index contributed by atoms with van der Waals surface area (Å²) in [5.74, 6) is -2.86. The van der Waals surface area contributed by atoms with E-state index in [-0.39, 0.29) is 12.7 Å². The minimum atomic E-state index is -3.04. The van der Waals surface area contributed by atoms with Gasteiger partial charge in [0.15, 0.2) is 0 Å². The van der Waals surface area contributed by atoms with Gasteiger partial charge in [0.05, 0.1) is 13.2 Å². The summed E-state index contributed by atoms with van der Waals surface area (Å²) in [6, 6.07) is 11.9. The maximum Gasteiger partial charge on any atom is 0.283 e. The maximum absolute atomic E-state index is 13.4. The largest absolute Gasteiger partial charge is 0.400 e. The number of nitrogens with zero attached hydrogens (tertiary/aromatic N) is 1. The Morgan fingerprint density at radius 1 is 1.02 bits per heavy atom. The van der Waals surface area contributed by atoms with Gasteiger partial charge >= 0.3 is 0 Å². The number of fused-ring (bicyclic) bond motifs is 3. The van der Waals surface area contributed by atoms with Gasteiger partial charge in [-0.25, -0.2) is 17.6 Å². The highest BCUT2D eigenvalue weighted by molar-refractivity contribution is 5.84. The topological polar surface area (TPSA) is 59.5 Å². The molecule has 0 saturated carbocycles. The predicted octanol–water partition coefficient (Wildman–Crippen LogP) is 9.51. The van der Waals surface area contributed by atoms with E-state index < -0.39 is 30.7 Å².